The largest absolute Gasteiger partial charge is 0.313 e. The number of anilines is 1. The van der Waals surface area contributed by atoms with E-state index in [0.717, 1.165) is 51.7 Å². The Morgan fingerprint density at radius 3 is 2.63 bits per heavy atom. The SMILES string of the molecule is Cc1cc(C)cc(C(=O)Nc2sc3c(c2-c2nc4ccccc4s2)CCN(C)C3)c1. The van der Waals surface area contributed by atoms with Crippen molar-refractivity contribution in [2.75, 3.05) is 18.9 Å². The van der Waals surface area contributed by atoms with E-state index in [0.29, 0.717) is 5.56 Å². The number of thiazole rings is 1. The number of aromatic nitrogens is 1. The van der Waals surface area contributed by atoms with Gasteiger partial charge in [0.1, 0.15) is 10.0 Å². The minimum absolute atomic E-state index is 0.0592. The predicted octanol–water partition coefficient (Wildman–Crippen LogP) is 5.88. The van der Waals surface area contributed by atoms with Gasteiger partial charge in [-0.2, -0.15) is 0 Å². The molecule has 0 spiro atoms. The molecule has 5 rings (SSSR count). The monoisotopic (exact) mass is 433 g/mol. The number of hydrogen-bond donors (Lipinski definition) is 1. The molecule has 0 aliphatic carbocycles. The number of para-hydroxylation sites is 1. The molecule has 1 N–H and O–H groups in total. The summed E-state index contributed by atoms with van der Waals surface area (Å²) < 4.78 is 1.17. The van der Waals surface area contributed by atoms with E-state index in [1.54, 1.807) is 22.7 Å². The summed E-state index contributed by atoms with van der Waals surface area (Å²) in [4.78, 5) is 21.7. The molecular formula is C24H23N3OS2. The van der Waals surface area contributed by atoms with E-state index in [9.17, 15) is 4.79 Å². The summed E-state index contributed by atoms with van der Waals surface area (Å²) in [6.45, 7) is 5.98. The van der Waals surface area contributed by atoms with Gasteiger partial charge in [-0.25, -0.2) is 4.98 Å². The minimum Gasteiger partial charge on any atom is -0.313 e. The summed E-state index contributed by atoms with van der Waals surface area (Å²) in [6, 6.07) is 14.2. The van der Waals surface area contributed by atoms with E-state index < -0.39 is 0 Å². The third-order valence-electron chi connectivity index (χ3n) is 5.47. The topological polar surface area (TPSA) is 45.2 Å². The van der Waals surface area contributed by atoms with E-state index in [1.807, 2.05) is 38.1 Å². The molecule has 4 nitrogen and oxygen atoms in total. The van der Waals surface area contributed by atoms with Crippen LogP contribution in [0.3, 0.4) is 0 Å². The maximum atomic E-state index is 13.1. The van der Waals surface area contributed by atoms with Gasteiger partial charge in [-0.15, -0.1) is 22.7 Å². The number of amides is 1. The molecule has 30 heavy (non-hydrogen) atoms. The molecule has 0 bridgehead atoms. The molecule has 1 aliphatic heterocycles. The van der Waals surface area contributed by atoms with Crippen LogP contribution in [0.25, 0.3) is 20.8 Å². The Hall–Kier alpha value is -2.54. The quantitative estimate of drug-likeness (QED) is 0.439. The zero-order valence-corrected chi connectivity index (χ0v) is 18.9. The predicted molar refractivity (Wildman–Crippen MR) is 127 cm³/mol. The third kappa shape index (κ3) is 3.55. The fraction of sp³-hybridized carbons (Fsp3) is 0.250. The van der Waals surface area contributed by atoms with Gasteiger partial charge in [0.05, 0.1) is 10.2 Å². The smallest absolute Gasteiger partial charge is 0.256 e. The number of nitrogens with zero attached hydrogens (tertiary/aromatic N) is 2. The molecule has 0 unspecified atom stereocenters. The summed E-state index contributed by atoms with van der Waals surface area (Å²) in [5.41, 5.74) is 6.36. The Balaban J connectivity index is 1.60. The summed E-state index contributed by atoms with van der Waals surface area (Å²) in [7, 11) is 2.15. The van der Waals surface area contributed by atoms with Crippen molar-refractivity contribution < 1.29 is 4.79 Å². The number of aryl methyl sites for hydroxylation is 2. The van der Waals surface area contributed by atoms with Crippen LogP contribution in [0.5, 0.6) is 0 Å². The molecule has 0 saturated carbocycles. The maximum absolute atomic E-state index is 13.1. The molecule has 0 radical (unpaired) electrons. The molecule has 0 fully saturated rings. The van der Waals surface area contributed by atoms with Crippen molar-refractivity contribution in [2.45, 2.75) is 26.8 Å². The first kappa shape index (κ1) is 19.4. The number of hydrogen-bond acceptors (Lipinski definition) is 5. The van der Waals surface area contributed by atoms with Crippen molar-refractivity contribution in [3.05, 3.63) is 69.6 Å². The highest BCUT2D eigenvalue weighted by atomic mass is 32.1. The van der Waals surface area contributed by atoms with E-state index in [-0.39, 0.29) is 5.91 Å². The van der Waals surface area contributed by atoms with Gasteiger partial charge in [-0.1, -0.05) is 29.3 Å². The zero-order chi connectivity index (χ0) is 20.8. The molecular weight excluding hydrogens is 410 g/mol. The number of carbonyl (C=O) groups is 1. The normalized spacial score (nSPS) is 14.1. The first-order valence-electron chi connectivity index (χ1n) is 10.1. The molecule has 1 aliphatic rings. The van der Waals surface area contributed by atoms with E-state index in [4.69, 9.17) is 4.98 Å². The highest BCUT2D eigenvalue weighted by Crippen LogP contribution is 2.45. The zero-order valence-electron chi connectivity index (χ0n) is 17.3. The average Bonchev–Trinajstić information content (AvgIpc) is 3.27. The summed E-state index contributed by atoms with van der Waals surface area (Å²) in [5, 5.41) is 5.13. The van der Waals surface area contributed by atoms with E-state index in [2.05, 4.69) is 35.5 Å². The van der Waals surface area contributed by atoms with Gasteiger partial charge in [0.25, 0.3) is 5.91 Å². The van der Waals surface area contributed by atoms with Gasteiger partial charge < -0.3 is 10.2 Å². The van der Waals surface area contributed by atoms with Crippen molar-refractivity contribution in [1.29, 1.82) is 0 Å². The molecule has 6 heteroatoms. The van der Waals surface area contributed by atoms with E-state index >= 15 is 0 Å². The molecule has 4 aromatic rings. The lowest BCUT2D eigenvalue weighted by molar-refractivity contribution is 0.102. The molecule has 2 aromatic heterocycles. The Morgan fingerprint density at radius 1 is 1.10 bits per heavy atom. The van der Waals surface area contributed by atoms with Crippen LogP contribution in [0.2, 0.25) is 0 Å². The molecule has 3 heterocycles. The fourth-order valence-electron chi connectivity index (χ4n) is 4.11. The first-order valence-corrected chi connectivity index (χ1v) is 11.7. The Bertz CT molecular complexity index is 1220. The van der Waals surface area contributed by atoms with Gasteiger partial charge in [0.2, 0.25) is 0 Å². The molecule has 2 aromatic carbocycles. The number of rotatable bonds is 3. The van der Waals surface area contributed by atoms with Gasteiger partial charge in [-0.3, -0.25) is 4.79 Å². The number of carbonyl (C=O) groups excluding carboxylic acids is 1. The van der Waals surface area contributed by atoms with E-state index in [1.165, 1.54) is 15.1 Å². The number of nitrogens with one attached hydrogen (secondary N) is 1. The lowest BCUT2D eigenvalue weighted by atomic mass is 10.0. The molecule has 0 saturated heterocycles. The lowest BCUT2D eigenvalue weighted by Crippen LogP contribution is -2.25. The fourth-order valence-corrected chi connectivity index (χ4v) is 6.54. The summed E-state index contributed by atoms with van der Waals surface area (Å²) in [6.07, 6.45) is 0.979. The Kier molecular flexibility index (Phi) is 4.93. The lowest BCUT2D eigenvalue weighted by Gasteiger charge is -2.22. The van der Waals surface area contributed by atoms with Crippen LogP contribution in [0.1, 0.15) is 31.9 Å². The minimum atomic E-state index is -0.0592. The molecule has 152 valence electrons. The second kappa shape index (κ2) is 7.61. The van der Waals surface area contributed by atoms with Crippen LogP contribution in [0.4, 0.5) is 5.00 Å². The summed E-state index contributed by atoms with van der Waals surface area (Å²) in [5.74, 6) is -0.0592. The van der Waals surface area contributed by atoms with Crippen LogP contribution in [-0.2, 0) is 13.0 Å². The van der Waals surface area contributed by atoms with Gasteiger partial charge >= 0.3 is 0 Å². The number of fused-ring (bicyclic) bond motifs is 2. The van der Waals surface area contributed by atoms with Crippen LogP contribution in [0.15, 0.2) is 42.5 Å². The molecule has 0 atom stereocenters. The second-order valence-corrected chi connectivity index (χ2v) is 10.1. The number of benzene rings is 2. The van der Waals surface area contributed by atoms with Gasteiger partial charge in [-0.05, 0) is 57.1 Å². The van der Waals surface area contributed by atoms with Crippen molar-refractivity contribution in [1.82, 2.24) is 9.88 Å². The van der Waals surface area contributed by atoms with Crippen molar-refractivity contribution in [3.8, 4) is 10.6 Å². The maximum Gasteiger partial charge on any atom is 0.256 e. The van der Waals surface area contributed by atoms with Crippen molar-refractivity contribution in [3.63, 3.8) is 0 Å². The van der Waals surface area contributed by atoms with Crippen molar-refractivity contribution in [2.24, 2.45) is 0 Å². The van der Waals surface area contributed by atoms with Crippen LogP contribution < -0.4 is 5.32 Å². The number of thiophene rings is 1. The second-order valence-electron chi connectivity index (χ2n) is 8.01. The number of likely N-dealkylation sites (N-methyl/N-ethyl adjacent to an activating group) is 1. The third-order valence-corrected chi connectivity index (χ3v) is 7.65. The Morgan fingerprint density at radius 2 is 1.87 bits per heavy atom. The highest BCUT2D eigenvalue weighted by molar-refractivity contribution is 7.23. The molecule has 1 amide bonds. The first-order chi connectivity index (χ1) is 14.5. The van der Waals surface area contributed by atoms with Crippen LogP contribution >= 0.6 is 22.7 Å². The summed E-state index contributed by atoms with van der Waals surface area (Å²) >= 11 is 3.40. The van der Waals surface area contributed by atoms with Crippen LogP contribution in [-0.4, -0.2) is 29.4 Å². The van der Waals surface area contributed by atoms with Crippen molar-refractivity contribution >= 4 is 43.8 Å². The highest BCUT2D eigenvalue weighted by Gasteiger charge is 2.27. The Labute approximate surface area is 184 Å². The average molecular weight is 434 g/mol. The van der Waals surface area contributed by atoms with Gasteiger partial charge in [0.15, 0.2) is 0 Å². The van der Waals surface area contributed by atoms with Gasteiger partial charge in [0, 0.05) is 29.1 Å². The van der Waals surface area contributed by atoms with Crippen LogP contribution in [0, 0.1) is 13.8 Å². The standard InChI is InChI=1S/C24H23N3OS2/c1-14-10-15(2)12-16(11-14)22(28)26-24-21(17-8-9-27(3)13-20(17)30-24)23-25-18-6-4-5-7-19(18)29-23/h4-7,10-12H,8-9,13H2,1-3H3,(H,26,28).